The zero-order chi connectivity index (χ0) is 23.1. The maximum atomic E-state index is 12.7. The number of aromatic hydroxyl groups is 1. The third-order valence-electron chi connectivity index (χ3n) is 4.81. The van der Waals surface area contributed by atoms with E-state index in [1.54, 1.807) is 60.6 Å². The van der Waals surface area contributed by atoms with Gasteiger partial charge in [-0.2, -0.15) is 0 Å². The van der Waals surface area contributed by atoms with Crippen LogP contribution in [-0.4, -0.2) is 39.8 Å². The molecule has 0 unspecified atom stereocenters. The molecule has 0 atom stereocenters. The van der Waals surface area contributed by atoms with Crippen LogP contribution in [0.4, 0.5) is 5.69 Å². The number of ether oxygens (including phenoxy) is 1. The first-order valence-electron chi connectivity index (χ1n) is 10.0. The molecule has 3 rings (SSSR count). The van der Waals surface area contributed by atoms with Crippen molar-refractivity contribution in [3.05, 3.63) is 57.4 Å². The number of phenols is 1. The van der Waals surface area contributed by atoms with Gasteiger partial charge in [0.05, 0.1) is 12.0 Å². The van der Waals surface area contributed by atoms with Crippen LogP contribution in [0.25, 0.3) is 6.08 Å². The smallest absolute Gasteiger partial charge is 0.266 e. The minimum atomic E-state index is -0.156. The lowest BCUT2D eigenvalue weighted by Gasteiger charge is -2.14. The fourth-order valence-electron chi connectivity index (χ4n) is 3.11. The molecule has 32 heavy (non-hydrogen) atoms. The molecule has 1 fully saturated rings. The van der Waals surface area contributed by atoms with E-state index in [4.69, 9.17) is 17.0 Å². The number of carbonyl (C=O) groups excluding carboxylic acids is 2. The Bertz CT molecular complexity index is 1040. The summed E-state index contributed by atoms with van der Waals surface area (Å²) in [4.78, 5) is 26.9. The van der Waals surface area contributed by atoms with E-state index in [1.165, 1.54) is 11.8 Å². The maximum Gasteiger partial charge on any atom is 0.266 e. The Labute approximate surface area is 205 Å². The molecule has 0 bridgehead atoms. The van der Waals surface area contributed by atoms with E-state index >= 15 is 0 Å². The van der Waals surface area contributed by atoms with Crippen LogP contribution in [0.1, 0.15) is 31.2 Å². The number of methoxy groups -OCH3 is 1. The highest BCUT2D eigenvalue weighted by atomic mass is 79.9. The van der Waals surface area contributed by atoms with Gasteiger partial charge >= 0.3 is 0 Å². The number of thioether (sulfide) groups is 1. The van der Waals surface area contributed by atoms with Crippen LogP contribution in [0.2, 0.25) is 0 Å². The molecule has 0 spiro atoms. The van der Waals surface area contributed by atoms with Crippen molar-refractivity contribution in [3.8, 4) is 11.5 Å². The number of carbonyl (C=O) groups is 2. The minimum Gasteiger partial charge on any atom is -0.507 e. The topological polar surface area (TPSA) is 78.9 Å². The molecule has 1 aliphatic heterocycles. The van der Waals surface area contributed by atoms with Crippen molar-refractivity contribution in [3.63, 3.8) is 0 Å². The Kier molecular flexibility index (Phi) is 8.72. The zero-order valence-electron chi connectivity index (χ0n) is 17.5. The Morgan fingerprint density at radius 1 is 1.22 bits per heavy atom. The first-order valence-corrected chi connectivity index (χ1v) is 12.1. The molecule has 0 saturated carbocycles. The number of benzene rings is 2. The Morgan fingerprint density at radius 2 is 1.97 bits per heavy atom. The second-order valence-electron chi connectivity index (χ2n) is 7.12. The summed E-state index contributed by atoms with van der Waals surface area (Å²) in [5, 5.41) is 12.9. The van der Waals surface area contributed by atoms with Gasteiger partial charge < -0.3 is 15.2 Å². The van der Waals surface area contributed by atoms with Crippen molar-refractivity contribution in [1.29, 1.82) is 0 Å². The van der Waals surface area contributed by atoms with Gasteiger partial charge in [-0.3, -0.25) is 14.5 Å². The third kappa shape index (κ3) is 6.57. The van der Waals surface area contributed by atoms with Crippen molar-refractivity contribution in [2.75, 3.05) is 19.0 Å². The van der Waals surface area contributed by atoms with E-state index in [2.05, 4.69) is 21.2 Å². The average Bonchev–Trinajstić information content (AvgIpc) is 3.03. The molecule has 1 aliphatic rings. The summed E-state index contributed by atoms with van der Waals surface area (Å²) in [5.41, 5.74) is 1.29. The summed E-state index contributed by atoms with van der Waals surface area (Å²) >= 11 is 9.96. The molecule has 168 valence electrons. The second-order valence-corrected chi connectivity index (χ2v) is 9.72. The quantitative estimate of drug-likeness (QED) is 0.249. The number of unbranched alkanes of at least 4 members (excludes halogenated alkanes) is 2. The van der Waals surface area contributed by atoms with Crippen LogP contribution in [-0.2, 0) is 9.59 Å². The molecule has 6 nitrogen and oxygen atoms in total. The van der Waals surface area contributed by atoms with Crippen molar-refractivity contribution >= 4 is 67.8 Å². The van der Waals surface area contributed by atoms with E-state index in [0.29, 0.717) is 27.8 Å². The number of amides is 2. The maximum absolute atomic E-state index is 12.7. The summed E-state index contributed by atoms with van der Waals surface area (Å²) in [6.45, 7) is 0.507. The lowest BCUT2D eigenvalue weighted by atomic mass is 10.1. The van der Waals surface area contributed by atoms with E-state index in [1.807, 2.05) is 0 Å². The van der Waals surface area contributed by atoms with Gasteiger partial charge in [0.15, 0.2) is 0 Å². The van der Waals surface area contributed by atoms with Gasteiger partial charge in [-0.25, -0.2) is 0 Å². The Balaban J connectivity index is 1.43. The van der Waals surface area contributed by atoms with Crippen molar-refractivity contribution in [2.24, 2.45) is 0 Å². The molecular formula is C23H23BrN2O4S2. The van der Waals surface area contributed by atoms with Crippen molar-refractivity contribution in [2.45, 2.75) is 25.7 Å². The summed E-state index contributed by atoms with van der Waals surface area (Å²) in [6.07, 6.45) is 4.34. The number of hydrogen-bond donors (Lipinski definition) is 2. The van der Waals surface area contributed by atoms with Crippen LogP contribution in [0, 0.1) is 0 Å². The summed E-state index contributed by atoms with van der Waals surface area (Å²) < 4.78 is 6.42. The normalized spacial score (nSPS) is 14.8. The summed E-state index contributed by atoms with van der Waals surface area (Å²) in [5.74, 6) is 0.641. The van der Waals surface area contributed by atoms with Gasteiger partial charge in [0.1, 0.15) is 15.8 Å². The predicted octanol–water partition coefficient (Wildman–Crippen LogP) is 5.56. The molecule has 0 aliphatic carbocycles. The van der Waals surface area contributed by atoms with Crippen LogP contribution >= 0.6 is 39.9 Å². The van der Waals surface area contributed by atoms with Crippen molar-refractivity contribution < 1.29 is 19.4 Å². The molecular weight excluding hydrogens is 512 g/mol. The minimum absolute atomic E-state index is 0.0439. The van der Waals surface area contributed by atoms with Gasteiger partial charge in [-0.1, -0.05) is 46.3 Å². The SMILES string of the molecule is COc1ccc(NC(=O)CCCCCN2C(=O)/C(=C/c3cc(Br)ccc3O)SC2=S)cc1. The number of hydrogen-bond acceptors (Lipinski definition) is 6. The fraction of sp³-hybridized carbons (Fsp3) is 0.261. The number of thiocarbonyl (C=S) groups is 1. The monoisotopic (exact) mass is 534 g/mol. The standard InChI is InChI=1S/C23H23BrN2O4S2/c1-30-18-9-7-17(8-10-18)25-21(28)5-3-2-4-12-26-22(29)20(32-23(26)31)14-15-13-16(24)6-11-19(15)27/h6-11,13-14,27H,2-5,12H2,1H3,(H,25,28)/b20-14-. The predicted molar refractivity (Wildman–Crippen MR) is 136 cm³/mol. The van der Waals surface area contributed by atoms with Crippen LogP contribution in [0.15, 0.2) is 51.8 Å². The first-order chi connectivity index (χ1) is 15.4. The second kappa shape index (κ2) is 11.5. The summed E-state index contributed by atoms with van der Waals surface area (Å²) in [6, 6.07) is 12.2. The highest BCUT2D eigenvalue weighted by molar-refractivity contribution is 9.10. The Morgan fingerprint density at radius 3 is 2.69 bits per heavy atom. The molecule has 1 saturated heterocycles. The highest BCUT2D eigenvalue weighted by Crippen LogP contribution is 2.35. The van der Waals surface area contributed by atoms with Crippen molar-refractivity contribution in [1.82, 2.24) is 4.90 Å². The van der Waals surface area contributed by atoms with E-state index in [9.17, 15) is 14.7 Å². The Hall–Kier alpha value is -2.36. The molecule has 2 aromatic rings. The van der Waals surface area contributed by atoms with E-state index < -0.39 is 0 Å². The number of halogens is 1. The highest BCUT2D eigenvalue weighted by Gasteiger charge is 2.31. The number of nitrogens with zero attached hydrogens (tertiary/aromatic N) is 1. The first kappa shape index (κ1) is 24.3. The zero-order valence-corrected chi connectivity index (χ0v) is 20.7. The van der Waals surface area contributed by atoms with Gasteiger partial charge in [0, 0.05) is 28.7 Å². The molecule has 0 aromatic heterocycles. The van der Waals surface area contributed by atoms with Gasteiger partial charge in [0.2, 0.25) is 5.91 Å². The number of phenolic OH excluding ortho intramolecular Hbond substituents is 1. The lowest BCUT2D eigenvalue weighted by Crippen LogP contribution is -2.29. The average molecular weight is 535 g/mol. The van der Waals surface area contributed by atoms with Gasteiger partial charge in [0.25, 0.3) is 5.91 Å². The number of nitrogens with one attached hydrogen (secondary N) is 1. The van der Waals surface area contributed by atoms with Crippen LogP contribution in [0.3, 0.4) is 0 Å². The molecule has 0 radical (unpaired) electrons. The summed E-state index contributed by atoms with van der Waals surface area (Å²) in [7, 11) is 1.60. The molecule has 9 heteroatoms. The van der Waals surface area contributed by atoms with Gasteiger partial charge in [-0.15, -0.1) is 0 Å². The molecule has 2 N–H and O–H groups in total. The van der Waals surface area contributed by atoms with Crippen LogP contribution in [0.5, 0.6) is 11.5 Å². The van der Waals surface area contributed by atoms with E-state index in [-0.39, 0.29) is 17.6 Å². The lowest BCUT2D eigenvalue weighted by molar-refractivity contribution is -0.122. The number of anilines is 1. The van der Waals surface area contributed by atoms with Gasteiger partial charge in [-0.05, 0) is 61.4 Å². The largest absolute Gasteiger partial charge is 0.507 e. The molecule has 2 aromatic carbocycles. The number of rotatable bonds is 9. The third-order valence-corrected chi connectivity index (χ3v) is 6.68. The molecule has 2 amide bonds. The fourth-order valence-corrected chi connectivity index (χ4v) is 4.78. The van der Waals surface area contributed by atoms with E-state index in [0.717, 1.165) is 35.2 Å². The molecule has 1 heterocycles. The van der Waals surface area contributed by atoms with Crippen LogP contribution < -0.4 is 10.1 Å².